The maximum absolute atomic E-state index is 11.1. The molecule has 0 saturated carbocycles. The van der Waals surface area contributed by atoms with Crippen molar-refractivity contribution in [1.82, 2.24) is 9.97 Å². The van der Waals surface area contributed by atoms with Gasteiger partial charge in [0.25, 0.3) is 5.69 Å². The van der Waals surface area contributed by atoms with Crippen molar-refractivity contribution in [3.05, 3.63) is 70.4 Å². The van der Waals surface area contributed by atoms with Crippen LogP contribution >= 0.6 is 0 Å². The quantitative estimate of drug-likeness (QED) is 0.484. The van der Waals surface area contributed by atoms with Crippen LogP contribution in [0.25, 0.3) is 11.4 Å². The van der Waals surface area contributed by atoms with E-state index in [0.717, 1.165) is 17.2 Å². The second-order valence-corrected chi connectivity index (χ2v) is 6.88. The lowest BCUT2D eigenvalue weighted by Crippen LogP contribution is -2.39. The van der Waals surface area contributed by atoms with Crippen molar-refractivity contribution in [3.8, 4) is 22.9 Å². The van der Waals surface area contributed by atoms with Crippen LogP contribution in [0.2, 0.25) is 0 Å². The summed E-state index contributed by atoms with van der Waals surface area (Å²) in [5.41, 5.74) is 1.38. The lowest BCUT2D eigenvalue weighted by molar-refractivity contribution is -0.384. The Labute approximate surface area is 167 Å². The van der Waals surface area contributed by atoms with E-state index in [-0.39, 0.29) is 11.8 Å². The molecule has 8 heteroatoms. The Morgan fingerprint density at radius 1 is 1.14 bits per heavy atom. The number of rotatable bonds is 5. The molecule has 0 spiro atoms. The van der Waals surface area contributed by atoms with Crippen LogP contribution in [0.4, 0.5) is 11.5 Å². The van der Waals surface area contributed by atoms with E-state index in [1.165, 1.54) is 12.1 Å². The molecule has 29 heavy (non-hydrogen) atoms. The van der Waals surface area contributed by atoms with Gasteiger partial charge in [0.05, 0.1) is 11.5 Å². The molecule has 2 aromatic carbocycles. The maximum atomic E-state index is 11.1. The average Bonchev–Trinajstić information content (AvgIpc) is 2.73. The van der Waals surface area contributed by atoms with Crippen LogP contribution in [0.5, 0.6) is 11.5 Å². The van der Waals surface area contributed by atoms with E-state index >= 15 is 0 Å². The molecule has 0 amide bonds. The molecule has 1 aliphatic rings. The Morgan fingerprint density at radius 3 is 2.72 bits per heavy atom. The second-order valence-electron chi connectivity index (χ2n) is 6.88. The first-order chi connectivity index (χ1) is 14.0. The highest BCUT2D eigenvalue weighted by molar-refractivity contribution is 5.61. The van der Waals surface area contributed by atoms with E-state index in [1.54, 1.807) is 12.1 Å². The van der Waals surface area contributed by atoms with Crippen LogP contribution in [0.1, 0.15) is 5.69 Å². The summed E-state index contributed by atoms with van der Waals surface area (Å²) in [4.78, 5) is 21.7. The number of aryl methyl sites for hydroxylation is 1. The van der Waals surface area contributed by atoms with Gasteiger partial charge in [-0.05, 0) is 19.1 Å². The molecule has 1 aliphatic heterocycles. The van der Waals surface area contributed by atoms with Crippen molar-refractivity contribution in [2.45, 2.75) is 13.0 Å². The monoisotopic (exact) mass is 392 g/mol. The predicted molar refractivity (Wildman–Crippen MR) is 108 cm³/mol. The lowest BCUT2D eigenvalue weighted by Gasteiger charge is -2.30. The van der Waals surface area contributed by atoms with Crippen molar-refractivity contribution in [1.29, 1.82) is 0 Å². The molecule has 4 rings (SSSR count). The number of para-hydroxylation sites is 2. The first-order valence-corrected chi connectivity index (χ1v) is 9.20. The van der Waals surface area contributed by atoms with Gasteiger partial charge in [-0.15, -0.1) is 0 Å². The molecule has 0 saturated heterocycles. The third kappa shape index (κ3) is 4.11. The van der Waals surface area contributed by atoms with Crippen LogP contribution in [0.3, 0.4) is 0 Å². The van der Waals surface area contributed by atoms with Crippen LogP contribution in [0.15, 0.2) is 54.6 Å². The molecule has 1 aromatic heterocycles. The van der Waals surface area contributed by atoms with E-state index in [4.69, 9.17) is 9.47 Å². The van der Waals surface area contributed by atoms with Crippen molar-refractivity contribution in [3.63, 3.8) is 0 Å². The van der Waals surface area contributed by atoms with E-state index in [1.807, 2.05) is 49.2 Å². The highest BCUT2D eigenvalue weighted by Crippen LogP contribution is 2.31. The summed E-state index contributed by atoms with van der Waals surface area (Å²) < 4.78 is 11.8. The van der Waals surface area contributed by atoms with Crippen LogP contribution in [-0.2, 0) is 0 Å². The summed E-state index contributed by atoms with van der Waals surface area (Å²) in [5.74, 6) is 2.63. The van der Waals surface area contributed by atoms with Gasteiger partial charge in [0, 0.05) is 36.5 Å². The zero-order valence-electron chi connectivity index (χ0n) is 16.1. The number of nitro groups is 1. The van der Waals surface area contributed by atoms with Gasteiger partial charge < -0.3 is 14.4 Å². The molecule has 0 unspecified atom stereocenters. The van der Waals surface area contributed by atoms with Gasteiger partial charge in [0.2, 0.25) is 0 Å². The van der Waals surface area contributed by atoms with E-state index < -0.39 is 4.92 Å². The Morgan fingerprint density at radius 2 is 1.93 bits per heavy atom. The van der Waals surface area contributed by atoms with Crippen LogP contribution < -0.4 is 14.4 Å². The first-order valence-electron chi connectivity index (χ1n) is 9.20. The molecule has 0 aliphatic carbocycles. The molecule has 0 bridgehead atoms. The molecule has 8 nitrogen and oxygen atoms in total. The molecule has 3 aromatic rings. The Hall–Kier alpha value is -3.68. The summed E-state index contributed by atoms with van der Waals surface area (Å²) in [7, 11) is 1.92. The normalized spacial score (nSPS) is 15.0. The summed E-state index contributed by atoms with van der Waals surface area (Å²) >= 11 is 0. The largest absolute Gasteiger partial charge is 0.486 e. The average molecular weight is 392 g/mol. The number of nitro benzene ring substituents is 1. The minimum atomic E-state index is -0.426. The SMILES string of the molecule is Cc1cc(N(C)C[C@H]2COc3ccccc3O2)nc(-c2cccc([N+](=O)[O-])c2)n1. The number of anilines is 1. The number of non-ortho nitro benzene ring substituents is 1. The fourth-order valence-corrected chi connectivity index (χ4v) is 3.19. The van der Waals surface area contributed by atoms with E-state index in [9.17, 15) is 10.1 Å². The summed E-state index contributed by atoms with van der Waals surface area (Å²) in [6, 6.07) is 15.8. The van der Waals surface area contributed by atoms with Gasteiger partial charge in [-0.3, -0.25) is 10.1 Å². The Bertz CT molecular complexity index is 1060. The van der Waals surface area contributed by atoms with Gasteiger partial charge in [-0.25, -0.2) is 9.97 Å². The number of hydrogen-bond acceptors (Lipinski definition) is 7. The number of aromatic nitrogens is 2. The molecule has 0 N–H and O–H groups in total. The fraction of sp³-hybridized carbons (Fsp3) is 0.238. The smallest absolute Gasteiger partial charge is 0.270 e. The molecule has 0 radical (unpaired) electrons. The highest BCUT2D eigenvalue weighted by Gasteiger charge is 2.23. The number of benzene rings is 2. The third-order valence-electron chi connectivity index (χ3n) is 4.59. The Balaban J connectivity index is 1.54. The van der Waals surface area contributed by atoms with Crippen molar-refractivity contribution < 1.29 is 14.4 Å². The summed E-state index contributed by atoms with van der Waals surface area (Å²) in [6.07, 6.45) is -0.147. The molecule has 1 atom stereocenters. The number of ether oxygens (including phenoxy) is 2. The summed E-state index contributed by atoms with van der Waals surface area (Å²) in [5, 5.41) is 11.1. The maximum Gasteiger partial charge on any atom is 0.270 e. The number of fused-ring (bicyclic) bond motifs is 1. The lowest BCUT2D eigenvalue weighted by atomic mass is 10.2. The molecule has 2 heterocycles. The topological polar surface area (TPSA) is 90.6 Å². The number of likely N-dealkylation sites (N-methyl/N-ethyl adjacent to an activating group) is 1. The number of hydrogen-bond donors (Lipinski definition) is 0. The molecule has 0 fully saturated rings. The Kier molecular flexibility index (Phi) is 4.99. The van der Waals surface area contributed by atoms with Crippen LogP contribution in [0, 0.1) is 17.0 Å². The summed E-state index contributed by atoms with van der Waals surface area (Å²) in [6.45, 7) is 2.89. The minimum absolute atomic E-state index is 0.00827. The molecular weight excluding hydrogens is 372 g/mol. The minimum Gasteiger partial charge on any atom is -0.486 e. The van der Waals surface area contributed by atoms with Crippen LogP contribution in [-0.4, -0.2) is 41.2 Å². The van der Waals surface area contributed by atoms with Crippen molar-refractivity contribution in [2.24, 2.45) is 0 Å². The second kappa shape index (κ2) is 7.75. The van der Waals surface area contributed by atoms with E-state index in [2.05, 4.69) is 9.97 Å². The van der Waals surface area contributed by atoms with Gasteiger partial charge in [-0.2, -0.15) is 0 Å². The molecular formula is C21H20N4O4. The van der Waals surface area contributed by atoms with Gasteiger partial charge in [0.15, 0.2) is 23.4 Å². The van der Waals surface area contributed by atoms with Crippen molar-refractivity contribution >= 4 is 11.5 Å². The fourth-order valence-electron chi connectivity index (χ4n) is 3.19. The third-order valence-corrected chi connectivity index (χ3v) is 4.59. The van der Waals surface area contributed by atoms with Crippen molar-refractivity contribution in [2.75, 3.05) is 25.1 Å². The van der Waals surface area contributed by atoms with E-state index in [0.29, 0.717) is 30.4 Å². The number of nitrogens with zero attached hydrogens (tertiary/aromatic N) is 4. The highest BCUT2D eigenvalue weighted by atomic mass is 16.6. The first kappa shape index (κ1) is 18.7. The molecule has 148 valence electrons. The standard InChI is InChI=1S/C21H20N4O4/c1-14-10-20(23-21(22-14)15-6-5-7-16(11-15)25(26)27)24(2)12-17-13-28-18-8-3-4-9-19(18)29-17/h3-11,17H,12-13H2,1-2H3/t17-/m0/s1. The van der Waals surface area contributed by atoms with Gasteiger partial charge >= 0.3 is 0 Å². The zero-order valence-corrected chi connectivity index (χ0v) is 16.1. The van der Waals surface area contributed by atoms with Gasteiger partial charge in [-0.1, -0.05) is 24.3 Å². The van der Waals surface area contributed by atoms with Gasteiger partial charge in [0.1, 0.15) is 12.4 Å². The zero-order chi connectivity index (χ0) is 20.4. The predicted octanol–water partition coefficient (Wildman–Crippen LogP) is 3.64.